The molecule has 0 aromatic heterocycles. The van der Waals surface area contributed by atoms with Crippen LogP contribution in [0, 0.1) is 6.92 Å². The molecule has 0 fully saturated rings. The fourth-order valence-electron chi connectivity index (χ4n) is 1.46. The van der Waals surface area contributed by atoms with Crippen LogP contribution in [0.2, 0.25) is 0 Å². The zero-order valence-electron chi connectivity index (χ0n) is 12.2. The fraction of sp³-hybridized carbons (Fsp3) is 0.250. The van der Waals surface area contributed by atoms with Crippen molar-refractivity contribution in [3.63, 3.8) is 0 Å². The maximum atomic E-state index is 11.7. The van der Waals surface area contributed by atoms with Crippen LogP contribution in [0.3, 0.4) is 0 Å². The summed E-state index contributed by atoms with van der Waals surface area (Å²) in [4.78, 5) is 0. The van der Waals surface area contributed by atoms with E-state index in [1.54, 1.807) is 19.1 Å². The summed E-state index contributed by atoms with van der Waals surface area (Å²) < 4.78 is 77.1. The van der Waals surface area contributed by atoms with Gasteiger partial charge in [0.1, 0.15) is 5.75 Å². The highest BCUT2D eigenvalue weighted by Crippen LogP contribution is 2.30. The van der Waals surface area contributed by atoms with Gasteiger partial charge in [-0.2, -0.15) is 0 Å². The predicted octanol–water partition coefficient (Wildman–Crippen LogP) is 5.82. The van der Waals surface area contributed by atoms with Crippen LogP contribution < -0.4 is 9.47 Å². The van der Waals surface area contributed by atoms with E-state index >= 15 is 0 Å². The van der Waals surface area contributed by atoms with E-state index in [1.165, 1.54) is 24.3 Å². The first-order valence-electron chi connectivity index (χ1n) is 6.33. The smallest absolute Gasteiger partial charge is 0.504 e. The van der Waals surface area contributed by atoms with Gasteiger partial charge < -0.3 is 14.6 Å². The molecule has 0 atom stereocenters. The van der Waals surface area contributed by atoms with Crippen LogP contribution in [0.5, 0.6) is 17.2 Å². The third kappa shape index (κ3) is 9.33. The second kappa shape index (κ2) is 9.05. The quantitative estimate of drug-likeness (QED) is 0.677. The average Bonchev–Trinajstić information content (AvgIpc) is 2.42. The summed E-state index contributed by atoms with van der Waals surface area (Å²) in [5.41, 5.74) is 0.467. The first-order valence-corrected chi connectivity index (χ1v) is 6.33. The molecule has 0 aliphatic heterocycles. The van der Waals surface area contributed by atoms with Crippen LogP contribution >= 0.6 is 0 Å². The number of hydrogen-bond donors (Lipinski definition) is 1. The highest BCUT2D eigenvalue weighted by Gasteiger charge is 2.32. The number of aromatic hydroxyl groups is 1. The molecule has 1 N–H and O–H groups in total. The molecule has 3 nitrogen and oxygen atoms in total. The van der Waals surface area contributed by atoms with Crippen LogP contribution in [0.1, 0.15) is 13.0 Å². The Hall–Kier alpha value is -2.58. The molecule has 25 heavy (non-hydrogen) atoms. The van der Waals surface area contributed by atoms with Gasteiger partial charge in [-0.25, -0.2) is 0 Å². The van der Waals surface area contributed by atoms with Gasteiger partial charge in [-0.3, -0.25) is 0 Å². The molecular weight excluding hydrogens is 354 g/mol. The summed E-state index contributed by atoms with van der Waals surface area (Å²) in [6, 6.07) is 10.9. The summed E-state index contributed by atoms with van der Waals surface area (Å²) in [6.45, 7) is 1.56. The van der Waals surface area contributed by atoms with Crippen LogP contribution in [0.4, 0.5) is 26.3 Å². The minimum absolute atomic E-state index is 0. The van der Waals surface area contributed by atoms with Gasteiger partial charge in [-0.15, -0.1) is 26.3 Å². The van der Waals surface area contributed by atoms with Gasteiger partial charge in [-0.1, -0.05) is 37.8 Å². The highest BCUT2D eigenvalue weighted by molar-refractivity contribution is 5.38. The lowest BCUT2D eigenvalue weighted by Crippen LogP contribution is -2.17. The lowest BCUT2D eigenvalue weighted by atomic mass is 10.2. The summed E-state index contributed by atoms with van der Waals surface area (Å²) in [5.74, 6) is -1.27. The Kier molecular flexibility index (Phi) is 8.11. The number of para-hydroxylation sites is 3. The third-order valence-electron chi connectivity index (χ3n) is 2.41. The zero-order valence-corrected chi connectivity index (χ0v) is 12.2. The molecule has 0 amide bonds. The van der Waals surface area contributed by atoms with Gasteiger partial charge in [0.05, 0.1) is 0 Å². The largest absolute Gasteiger partial charge is 0.573 e. The van der Waals surface area contributed by atoms with Crippen LogP contribution in [0.25, 0.3) is 0 Å². The molecule has 140 valence electrons. The molecule has 0 saturated carbocycles. The number of benzene rings is 2. The highest BCUT2D eigenvalue weighted by atomic mass is 19.4. The minimum atomic E-state index is -4.77. The van der Waals surface area contributed by atoms with Crippen molar-refractivity contribution in [1.29, 1.82) is 0 Å². The van der Waals surface area contributed by atoms with Crippen LogP contribution in [0.15, 0.2) is 48.5 Å². The second-order valence-corrected chi connectivity index (χ2v) is 4.33. The van der Waals surface area contributed by atoms with Crippen molar-refractivity contribution < 1.29 is 40.9 Å². The third-order valence-corrected chi connectivity index (χ3v) is 2.41. The molecule has 0 saturated heterocycles. The number of ether oxygens (including phenoxy) is 2. The number of aryl methyl sites for hydroxylation is 1. The molecule has 9 heteroatoms. The van der Waals surface area contributed by atoms with Crippen LogP contribution in [-0.4, -0.2) is 17.8 Å². The van der Waals surface area contributed by atoms with Gasteiger partial charge in [0.2, 0.25) is 0 Å². The van der Waals surface area contributed by atoms with Crippen molar-refractivity contribution in [3.05, 3.63) is 54.1 Å². The number of rotatable bonds is 2. The van der Waals surface area contributed by atoms with Gasteiger partial charge in [0.25, 0.3) is 0 Å². The lowest BCUT2D eigenvalue weighted by molar-refractivity contribution is -0.276. The zero-order chi connectivity index (χ0) is 18.4. The number of hydrogen-bond acceptors (Lipinski definition) is 3. The summed E-state index contributed by atoms with van der Waals surface area (Å²) in [6.07, 6.45) is -9.37. The Balaban J connectivity index is 0.000000443. The molecule has 2 aromatic carbocycles. The SMILES string of the molecule is C.Cc1ccccc1OC(F)(F)F.Oc1ccccc1OC(F)(F)F. The van der Waals surface area contributed by atoms with E-state index < -0.39 is 24.2 Å². The molecule has 0 spiro atoms. The van der Waals surface area contributed by atoms with Crippen molar-refractivity contribution in [2.24, 2.45) is 0 Å². The van der Waals surface area contributed by atoms with Gasteiger partial charge in [-0.05, 0) is 30.7 Å². The Morgan fingerprint density at radius 2 is 1.12 bits per heavy atom. The molecule has 0 aliphatic rings. The minimum Gasteiger partial charge on any atom is -0.504 e. The van der Waals surface area contributed by atoms with Crippen molar-refractivity contribution >= 4 is 0 Å². The van der Waals surface area contributed by atoms with E-state index in [0.717, 1.165) is 12.1 Å². The Morgan fingerprint density at radius 1 is 0.720 bits per heavy atom. The van der Waals surface area contributed by atoms with E-state index in [2.05, 4.69) is 9.47 Å². The summed E-state index contributed by atoms with van der Waals surface area (Å²) in [7, 11) is 0. The molecule has 2 aromatic rings. The summed E-state index contributed by atoms with van der Waals surface area (Å²) >= 11 is 0. The van der Waals surface area contributed by atoms with E-state index in [1.807, 2.05) is 0 Å². The van der Waals surface area contributed by atoms with Crippen molar-refractivity contribution in [1.82, 2.24) is 0 Å². The number of alkyl halides is 6. The summed E-state index contributed by atoms with van der Waals surface area (Å²) in [5, 5.41) is 8.85. The molecule has 0 bridgehead atoms. The Bertz CT molecular complexity index is 595. The van der Waals surface area contributed by atoms with E-state index in [4.69, 9.17) is 5.11 Å². The lowest BCUT2D eigenvalue weighted by Gasteiger charge is -2.10. The normalized spacial score (nSPS) is 10.8. The fourth-order valence-corrected chi connectivity index (χ4v) is 1.46. The number of phenolic OH excluding ortho intramolecular Hbond substituents is 1. The predicted molar refractivity (Wildman–Crippen MR) is 79.4 cm³/mol. The number of halogens is 6. The maximum Gasteiger partial charge on any atom is 0.573 e. The van der Waals surface area contributed by atoms with Gasteiger partial charge in [0.15, 0.2) is 11.5 Å². The van der Waals surface area contributed by atoms with Gasteiger partial charge >= 0.3 is 12.7 Å². The average molecular weight is 370 g/mol. The van der Waals surface area contributed by atoms with Crippen LogP contribution in [-0.2, 0) is 0 Å². The first-order chi connectivity index (χ1) is 11.0. The molecule has 0 radical (unpaired) electrons. The van der Waals surface area contributed by atoms with E-state index in [9.17, 15) is 26.3 Å². The maximum absolute atomic E-state index is 11.7. The van der Waals surface area contributed by atoms with Crippen molar-refractivity contribution in [2.45, 2.75) is 27.1 Å². The van der Waals surface area contributed by atoms with Gasteiger partial charge in [0, 0.05) is 0 Å². The molecule has 0 heterocycles. The Morgan fingerprint density at radius 3 is 1.56 bits per heavy atom. The monoisotopic (exact) mass is 370 g/mol. The molecule has 0 aliphatic carbocycles. The standard InChI is InChI=1S/C8H7F3O.C7H5F3O2.CH4/c1-6-4-2-3-5-7(6)12-8(9,10)11;8-7(9,10)12-6-4-2-1-3-5(6)11;/h2-5H,1H3;1-4,11H;1H4. The topological polar surface area (TPSA) is 38.7 Å². The molecule has 2 rings (SSSR count). The van der Waals surface area contributed by atoms with E-state index in [0.29, 0.717) is 5.56 Å². The number of phenols is 1. The van der Waals surface area contributed by atoms with Crippen molar-refractivity contribution in [2.75, 3.05) is 0 Å². The molecular formula is C16H16F6O3. The van der Waals surface area contributed by atoms with E-state index in [-0.39, 0.29) is 13.2 Å². The molecule has 0 unspecified atom stereocenters. The van der Waals surface area contributed by atoms with Crippen molar-refractivity contribution in [3.8, 4) is 17.2 Å². The Labute approximate surface area is 140 Å². The second-order valence-electron chi connectivity index (χ2n) is 4.33. The first kappa shape index (κ1) is 22.4.